The van der Waals surface area contributed by atoms with Crippen molar-refractivity contribution in [1.82, 2.24) is 24.8 Å². The average molecular weight is 533 g/mol. The van der Waals surface area contributed by atoms with Gasteiger partial charge in [-0.3, -0.25) is 14.6 Å². The number of benzene rings is 1. The second kappa shape index (κ2) is 12.9. The van der Waals surface area contributed by atoms with Gasteiger partial charge < -0.3 is 19.5 Å². The highest BCUT2D eigenvalue weighted by molar-refractivity contribution is 6.04. The molecule has 0 spiro atoms. The lowest BCUT2D eigenvalue weighted by molar-refractivity contribution is 0.102. The van der Waals surface area contributed by atoms with Crippen LogP contribution in [0.15, 0.2) is 53.2 Å². The quantitative estimate of drug-likeness (QED) is 0.465. The van der Waals surface area contributed by atoms with Gasteiger partial charge in [0.15, 0.2) is 0 Å². The van der Waals surface area contributed by atoms with Gasteiger partial charge in [-0.15, -0.1) is 0 Å². The van der Waals surface area contributed by atoms with Gasteiger partial charge in [0.2, 0.25) is 5.88 Å². The molecule has 4 heterocycles. The molecule has 2 aliphatic rings. The zero-order chi connectivity index (χ0) is 27.0. The van der Waals surface area contributed by atoms with Crippen molar-refractivity contribution in [2.24, 2.45) is 0 Å². The van der Waals surface area contributed by atoms with E-state index in [9.17, 15) is 9.59 Å². The predicted molar refractivity (Wildman–Crippen MR) is 147 cm³/mol. The first-order valence-corrected chi connectivity index (χ1v) is 13.7. The molecule has 2 aliphatic heterocycles. The third kappa shape index (κ3) is 7.64. The van der Waals surface area contributed by atoms with E-state index in [1.165, 1.54) is 31.0 Å². The minimum atomic E-state index is -0.422. The standard InChI is InChI=1S/C29H36N6O4/c1-22-19-26(39-32-22)11-14-33-15-17-35(18-16-33)29(37)38-27-10-9-25(20-30-27)31-28(36)24-7-5-23(6-8-24)21-34-12-3-2-4-13-34/h5-10,19-20H,2-4,11-18,21H2,1H3,(H,31,36). The summed E-state index contributed by atoms with van der Waals surface area (Å²) in [6.45, 7) is 8.66. The van der Waals surface area contributed by atoms with E-state index in [2.05, 4.69) is 25.3 Å². The van der Waals surface area contributed by atoms with Crippen LogP contribution in [0.3, 0.4) is 0 Å². The summed E-state index contributed by atoms with van der Waals surface area (Å²) in [4.78, 5) is 35.9. The Bertz CT molecular complexity index is 1230. The van der Waals surface area contributed by atoms with Crippen LogP contribution in [0.2, 0.25) is 0 Å². The van der Waals surface area contributed by atoms with Crippen molar-refractivity contribution in [2.45, 2.75) is 39.2 Å². The van der Waals surface area contributed by atoms with Crippen LogP contribution in [-0.4, -0.2) is 82.7 Å². The fourth-order valence-corrected chi connectivity index (χ4v) is 4.97. The molecule has 0 unspecified atom stereocenters. The third-order valence-electron chi connectivity index (χ3n) is 7.24. The fraction of sp³-hybridized carbons (Fsp3) is 0.448. The van der Waals surface area contributed by atoms with Gasteiger partial charge in [0.05, 0.1) is 17.6 Å². The molecule has 0 bridgehead atoms. The Morgan fingerprint density at radius 3 is 2.38 bits per heavy atom. The summed E-state index contributed by atoms with van der Waals surface area (Å²) in [7, 11) is 0. The van der Waals surface area contributed by atoms with Gasteiger partial charge in [-0.05, 0) is 56.6 Å². The van der Waals surface area contributed by atoms with Crippen molar-refractivity contribution in [2.75, 3.05) is 51.1 Å². The summed E-state index contributed by atoms with van der Waals surface area (Å²) in [6, 6.07) is 13.0. The lowest BCUT2D eigenvalue weighted by Gasteiger charge is -2.33. The highest BCUT2D eigenvalue weighted by Crippen LogP contribution is 2.17. The van der Waals surface area contributed by atoms with Crippen molar-refractivity contribution >= 4 is 17.7 Å². The number of pyridine rings is 1. The Kier molecular flexibility index (Phi) is 8.85. The molecule has 5 rings (SSSR count). The summed E-state index contributed by atoms with van der Waals surface area (Å²) in [5, 5.41) is 6.77. The summed E-state index contributed by atoms with van der Waals surface area (Å²) in [6.07, 6.45) is 5.70. The minimum absolute atomic E-state index is 0.197. The van der Waals surface area contributed by atoms with Gasteiger partial charge >= 0.3 is 6.09 Å². The first-order chi connectivity index (χ1) is 19.0. The fourth-order valence-electron chi connectivity index (χ4n) is 4.97. The number of anilines is 1. The van der Waals surface area contributed by atoms with Gasteiger partial charge in [0.25, 0.3) is 5.91 Å². The Balaban J connectivity index is 1.04. The normalized spacial score (nSPS) is 16.7. The molecule has 10 nitrogen and oxygen atoms in total. The maximum atomic E-state index is 12.7. The molecule has 39 heavy (non-hydrogen) atoms. The summed E-state index contributed by atoms with van der Waals surface area (Å²) >= 11 is 0. The summed E-state index contributed by atoms with van der Waals surface area (Å²) in [5.41, 5.74) is 3.22. The molecule has 2 aromatic heterocycles. The average Bonchev–Trinajstić information content (AvgIpc) is 3.39. The molecule has 0 aliphatic carbocycles. The minimum Gasteiger partial charge on any atom is -0.391 e. The maximum Gasteiger partial charge on any atom is 0.416 e. The number of carbonyl (C=O) groups excluding carboxylic acids is 2. The Morgan fingerprint density at radius 1 is 0.949 bits per heavy atom. The molecular formula is C29H36N6O4. The Labute approximate surface area is 228 Å². The first kappa shape index (κ1) is 26.8. The molecule has 1 aromatic carbocycles. The van der Waals surface area contributed by atoms with E-state index in [4.69, 9.17) is 9.26 Å². The number of piperidine rings is 1. The lowest BCUT2D eigenvalue weighted by atomic mass is 10.1. The molecular weight excluding hydrogens is 496 g/mol. The number of amides is 2. The molecule has 206 valence electrons. The molecule has 10 heteroatoms. The molecule has 0 radical (unpaired) electrons. The van der Waals surface area contributed by atoms with Crippen LogP contribution in [0.1, 0.15) is 46.6 Å². The Hall–Kier alpha value is -3.76. The molecule has 0 saturated carbocycles. The van der Waals surface area contributed by atoms with E-state index in [-0.39, 0.29) is 11.8 Å². The van der Waals surface area contributed by atoms with Crippen LogP contribution in [-0.2, 0) is 13.0 Å². The zero-order valence-corrected chi connectivity index (χ0v) is 22.5. The molecule has 1 N–H and O–H groups in total. The van der Waals surface area contributed by atoms with Gasteiger partial charge in [0, 0.05) is 63.4 Å². The number of hydrogen-bond donors (Lipinski definition) is 1. The van der Waals surface area contributed by atoms with E-state index in [1.807, 2.05) is 37.3 Å². The number of nitrogens with zero attached hydrogens (tertiary/aromatic N) is 5. The second-order valence-electron chi connectivity index (χ2n) is 10.3. The number of nitrogens with one attached hydrogen (secondary N) is 1. The highest BCUT2D eigenvalue weighted by atomic mass is 16.6. The largest absolute Gasteiger partial charge is 0.416 e. The summed E-state index contributed by atoms with van der Waals surface area (Å²) < 4.78 is 10.7. The van der Waals surface area contributed by atoms with Crippen molar-refractivity contribution in [3.63, 3.8) is 0 Å². The van der Waals surface area contributed by atoms with Crippen LogP contribution in [0.25, 0.3) is 0 Å². The monoisotopic (exact) mass is 532 g/mol. The SMILES string of the molecule is Cc1cc(CCN2CCN(C(=O)Oc3ccc(NC(=O)c4ccc(CN5CCCCC5)cc4)cn3)CC2)on1. The zero-order valence-electron chi connectivity index (χ0n) is 22.5. The molecule has 2 saturated heterocycles. The lowest BCUT2D eigenvalue weighted by Crippen LogP contribution is -2.49. The van der Waals surface area contributed by atoms with Crippen molar-refractivity contribution in [3.8, 4) is 5.88 Å². The first-order valence-electron chi connectivity index (χ1n) is 13.7. The van der Waals surface area contributed by atoms with Crippen LogP contribution in [0.4, 0.5) is 10.5 Å². The van der Waals surface area contributed by atoms with Crippen LogP contribution in [0, 0.1) is 6.92 Å². The number of aryl methyl sites for hydroxylation is 1. The number of aromatic nitrogens is 2. The van der Waals surface area contributed by atoms with Crippen LogP contribution >= 0.6 is 0 Å². The molecule has 3 aromatic rings. The predicted octanol–water partition coefficient (Wildman–Crippen LogP) is 3.98. The van der Waals surface area contributed by atoms with Crippen molar-refractivity contribution < 1.29 is 18.8 Å². The smallest absolute Gasteiger partial charge is 0.391 e. The van der Waals surface area contributed by atoms with E-state index in [0.29, 0.717) is 24.3 Å². The second-order valence-corrected chi connectivity index (χ2v) is 10.3. The molecule has 2 fully saturated rings. The number of rotatable bonds is 8. The van der Waals surface area contributed by atoms with Crippen molar-refractivity contribution in [1.29, 1.82) is 0 Å². The van der Waals surface area contributed by atoms with Gasteiger partial charge in [0.1, 0.15) is 5.76 Å². The van der Waals surface area contributed by atoms with E-state index < -0.39 is 6.09 Å². The number of ether oxygens (including phenoxy) is 1. The third-order valence-corrected chi connectivity index (χ3v) is 7.24. The van der Waals surface area contributed by atoms with Gasteiger partial charge in [-0.25, -0.2) is 9.78 Å². The van der Waals surface area contributed by atoms with Gasteiger partial charge in [-0.1, -0.05) is 23.7 Å². The van der Waals surface area contributed by atoms with Crippen molar-refractivity contribution in [3.05, 3.63) is 71.2 Å². The maximum absolute atomic E-state index is 12.7. The van der Waals surface area contributed by atoms with E-state index in [1.54, 1.807) is 17.0 Å². The van der Waals surface area contributed by atoms with Gasteiger partial charge in [-0.2, -0.15) is 0 Å². The number of hydrogen-bond acceptors (Lipinski definition) is 8. The highest BCUT2D eigenvalue weighted by Gasteiger charge is 2.23. The number of likely N-dealkylation sites (tertiary alicyclic amines) is 1. The van der Waals surface area contributed by atoms with E-state index >= 15 is 0 Å². The number of carbonyl (C=O) groups is 2. The van der Waals surface area contributed by atoms with Crippen LogP contribution in [0.5, 0.6) is 5.88 Å². The molecule has 2 amide bonds. The topological polar surface area (TPSA) is 104 Å². The summed E-state index contributed by atoms with van der Waals surface area (Å²) in [5.74, 6) is 0.867. The Morgan fingerprint density at radius 2 is 1.72 bits per heavy atom. The van der Waals surface area contributed by atoms with Crippen LogP contribution < -0.4 is 10.1 Å². The number of piperazine rings is 1. The van der Waals surface area contributed by atoms with E-state index in [0.717, 1.165) is 57.1 Å². The molecule has 0 atom stereocenters.